The number of hydrogen-bond acceptors (Lipinski definition) is 5. The van der Waals surface area contributed by atoms with Crippen LogP contribution in [0.3, 0.4) is 0 Å². The number of rotatable bonds is 4. The Labute approximate surface area is 152 Å². The van der Waals surface area contributed by atoms with Gasteiger partial charge in [-0.3, -0.25) is 14.5 Å². The van der Waals surface area contributed by atoms with Crippen molar-refractivity contribution < 1.29 is 14.3 Å². The number of pyridine rings is 1. The highest BCUT2D eigenvalue weighted by molar-refractivity contribution is 6.07. The van der Waals surface area contributed by atoms with Crippen LogP contribution in [0.4, 0.5) is 17.3 Å². The van der Waals surface area contributed by atoms with E-state index in [1.54, 1.807) is 26.0 Å². The summed E-state index contributed by atoms with van der Waals surface area (Å²) in [6.45, 7) is 5.36. The molecule has 0 fully saturated rings. The van der Waals surface area contributed by atoms with E-state index < -0.39 is 12.1 Å². The van der Waals surface area contributed by atoms with E-state index in [1.165, 1.54) is 10.5 Å². The van der Waals surface area contributed by atoms with Gasteiger partial charge in [-0.05, 0) is 50.1 Å². The molecule has 0 radical (unpaired) electrons. The summed E-state index contributed by atoms with van der Waals surface area (Å²) in [5, 5.41) is 2.84. The fourth-order valence-electron chi connectivity index (χ4n) is 2.82. The second-order valence-electron chi connectivity index (χ2n) is 6.24. The molecule has 2 heterocycles. The summed E-state index contributed by atoms with van der Waals surface area (Å²) in [5.74, 6) is 0.296. The maximum Gasteiger partial charge on any atom is 0.269 e. The number of fused-ring (bicyclic) bond motifs is 1. The molecular formula is C19H22N4O3. The predicted octanol–water partition coefficient (Wildman–Crippen LogP) is 2.37. The van der Waals surface area contributed by atoms with Crippen LogP contribution >= 0.6 is 0 Å². The van der Waals surface area contributed by atoms with Crippen LogP contribution in [0.15, 0.2) is 36.4 Å². The number of nitrogens with one attached hydrogen (secondary N) is 1. The summed E-state index contributed by atoms with van der Waals surface area (Å²) < 4.78 is 5.56. The summed E-state index contributed by atoms with van der Waals surface area (Å²) in [6, 6.07) is 10.1. The zero-order chi connectivity index (χ0) is 18.8. The summed E-state index contributed by atoms with van der Waals surface area (Å²) >= 11 is 0. The highest BCUT2D eigenvalue weighted by Crippen LogP contribution is 2.34. The van der Waals surface area contributed by atoms with Gasteiger partial charge in [0.1, 0.15) is 11.9 Å². The lowest BCUT2D eigenvalue weighted by atomic mass is 10.1. The molecule has 0 saturated heterocycles. The molecule has 2 atom stereocenters. The number of aromatic nitrogens is 1. The number of anilines is 3. The van der Waals surface area contributed by atoms with Crippen molar-refractivity contribution in [2.45, 2.75) is 39.3 Å². The molecule has 2 unspecified atom stereocenters. The number of nitrogen functional groups attached to an aromatic ring is 1. The Morgan fingerprint density at radius 1 is 1.31 bits per heavy atom. The number of benzene rings is 1. The highest BCUT2D eigenvalue weighted by Gasteiger charge is 2.38. The van der Waals surface area contributed by atoms with Crippen LogP contribution in [0.2, 0.25) is 0 Å². The van der Waals surface area contributed by atoms with Gasteiger partial charge in [-0.15, -0.1) is 0 Å². The molecule has 0 spiro atoms. The minimum absolute atomic E-state index is 0.252. The Hall–Kier alpha value is -3.09. The summed E-state index contributed by atoms with van der Waals surface area (Å²) in [6.07, 6.45) is 0.223. The van der Waals surface area contributed by atoms with E-state index in [0.29, 0.717) is 11.4 Å². The average molecular weight is 354 g/mol. The van der Waals surface area contributed by atoms with Crippen molar-refractivity contribution in [1.82, 2.24) is 4.98 Å². The van der Waals surface area contributed by atoms with Gasteiger partial charge in [0.05, 0.1) is 0 Å². The summed E-state index contributed by atoms with van der Waals surface area (Å²) in [5.41, 5.74) is 7.60. The third kappa shape index (κ3) is 3.33. The molecule has 3 rings (SSSR count). The lowest BCUT2D eigenvalue weighted by Gasteiger charge is -2.35. The minimum Gasteiger partial charge on any atom is -0.477 e. The van der Waals surface area contributed by atoms with Gasteiger partial charge in [0.25, 0.3) is 5.91 Å². The Morgan fingerprint density at radius 2 is 2.00 bits per heavy atom. The van der Waals surface area contributed by atoms with Crippen LogP contribution in [0, 0.1) is 0 Å². The van der Waals surface area contributed by atoms with Crippen LogP contribution in [0.5, 0.6) is 5.75 Å². The molecule has 1 aromatic carbocycles. The molecular weight excluding hydrogens is 332 g/mol. The highest BCUT2D eigenvalue weighted by atomic mass is 16.5. The molecule has 0 bridgehead atoms. The van der Waals surface area contributed by atoms with Crippen molar-refractivity contribution in [3.63, 3.8) is 0 Å². The third-order valence-electron chi connectivity index (χ3n) is 4.37. The molecule has 2 amide bonds. The maximum absolute atomic E-state index is 12.7. The van der Waals surface area contributed by atoms with E-state index in [4.69, 9.17) is 10.5 Å². The Bertz CT molecular complexity index is 835. The van der Waals surface area contributed by atoms with Crippen molar-refractivity contribution in [3.8, 4) is 5.75 Å². The van der Waals surface area contributed by atoms with Crippen LogP contribution in [-0.2, 0) is 16.0 Å². The first kappa shape index (κ1) is 17.7. The number of carbonyl (C=O) groups excluding carboxylic acids is 2. The molecule has 1 aromatic heterocycles. The van der Waals surface area contributed by atoms with E-state index in [2.05, 4.69) is 17.2 Å². The first-order valence-corrected chi connectivity index (χ1v) is 8.56. The predicted molar refractivity (Wildman–Crippen MR) is 100 cm³/mol. The Balaban J connectivity index is 1.85. The molecule has 1 aliphatic heterocycles. The van der Waals surface area contributed by atoms with E-state index in [0.717, 1.165) is 6.42 Å². The molecule has 1 aliphatic rings. The number of nitrogens with zero attached hydrogens (tertiary/aromatic N) is 2. The maximum atomic E-state index is 12.7. The van der Waals surface area contributed by atoms with Crippen molar-refractivity contribution >= 4 is 29.1 Å². The van der Waals surface area contributed by atoms with Crippen LogP contribution in [0.25, 0.3) is 0 Å². The molecule has 26 heavy (non-hydrogen) atoms. The van der Waals surface area contributed by atoms with Gasteiger partial charge in [0, 0.05) is 5.69 Å². The van der Waals surface area contributed by atoms with E-state index in [-0.39, 0.29) is 23.5 Å². The van der Waals surface area contributed by atoms with Gasteiger partial charge >= 0.3 is 0 Å². The molecule has 136 valence electrons. The first-order valence-electron chi connectivity index (χ1n) is 8.56. The van der Waals surface area contributed by atoms with Crippen molar-refractivity contribution in [2.24, 2.45) is 0 Å². The largest absolute Gasteiger partial charge is 0.477 e. The van der Waals surface area contributed by atoms with Crippen LogP contribution < -0.4 is 20.7 Å². The molecule has 3 N–H and O–H groups in total. The number of nitrogens with two attached hydrogens (primary N) is 1. The standard InChI is InChI=1S/C19H22N4O3/c1-4-13-5-7-14(8-6-13)21-18(24)11(2)23-17-15(9-10-16(20)22-17)26-12(3)19(23)25/h5-12H,4H2,1-3H3,(H2,20,22)(H,21,24). The van der Waals surface area contributed by atoms with E-state index >= 15 is 0 Å². The van der Waals surface area contributed by atoms with Gasteiger partial charge in [-0.25, -0.2) is 4.98 Å². The number of ether oxygens (including phenoxy) is 1. The summed E-state index contributed by atoms with van der Waals surface area (Å²) in [4.78, 5) is 30.9. The smallest absolute Gasteiger partial charge is 0.269 e. The van der Waals surface area contributed by atoms with Gasteiger partial charge < -0.3 is 15.8 Å². The SMILES string of the molecule is CCc1ccc(NC(=O)C(C)N2C(=O)C(C)Oc3ccc(N)nc32)cc1. The zero-order valence-corrected chi connectivity index (χ0v) is 15.0. The second-order valence-corrected chi connectivity index (χ2v) is 6.24. The normalized spacial score (nSPS) is 17.3. The lowest BCUT2D eigenvalue weighted by molar-refractivity contribution is -0.128. The summed E-state index contributed by atoms with van der Waals surface area (Å²) in [7, 11) is 0. The van der Waals surface area contributed by atoms with Crippen LogP contribution in [-0.4, -0.2) is 28.9 Å². The van der Waals surface area contributed by atoms with E-state index in [9.17, 15) is 9.59 Å². The second kappa shape index (κ2) is 7.03. The Kier molecular flexibility index (Phi) is 4.79. The molecule has 7 heteroatoms. The van der Waals surface area contributed by atoms with Crippen molar-refractivity contribution in [3.05, 3.63) is 42.0 Å². The Morgan fingerprint density at radius 3 is 2.65 bits per heavy atom. The monoisotopic (exact) mass is 354 g/mol. The number of aryl methyl sites for hydroxylation is 1. The average Bonchev–Trinajstić information content (AvgIpc) is 2.63. The fraction of sp³-hybridized carbons (Fsp3) is 0.316. The van der Waals surface area contributed by atoms with Gasteiger partial charge in [0.2, 0.25) is 5.91 Å². The van der Waals surface area contributed by atoms with Crippen molar-refractivity contribution in [2.75, 3.05) is 16.0 Å². The fourth-order valence-corrected chi connectivity index (χ4v) is 2.82. The van der Waals surface area contributed by atoms with E-state index in [1.807, 2.05) is 24.3 Å². The van der Waals surface area contributed by atoms with Gasteiger partial charge in [0.15, 0.2) is 17.7 Å². The third-order valence-corrected chi connectivity index (χ3v) is 4.37. The zero-order valence-electron chi connectivity index (χ0n) is 15.0. The molecule has 0 aliphatic carbocycles. The van der Waals surface area contributed by atoms with Gasteiger partial charge in [-0.1, -0.05) is 19.1 Å². The lowest BCUT2D eigenvalue weighted by Crippen LogP contribution is -2.53. The van der Waals surface area contributed by atoms with Crippen LogP contribution in [0.1, 0.15) is 26.3 Å². The van der Waals surface area contributed by atoms with Crippen molar-refractivity contribution in [1.29, 1.82) is 0 Å². The number of carbonyl (C=O) groups is 2. The quantitative estimate of drug-likeness (QED) is 0.878. The minimum atomic E-state index is -0.771. The molecule has 2 aromatic rings. The first-order chi connectivity index (χ1) is 12.4. The molecule has 0 saturated carbocycles. The molecule has 7 nitrogen and oxygen atoms in total. The number of hydrogen-bond donors (Lipinski definition) is 2. The number of amides is 2. The van der Waals surface area contributed by atoms with Gasteiger partial charge in [-0.2, -0.15) is 0 Å². The topological polar surface area (TPSA) is 97.5 Å².